The van der Waals surface area contributed by atoms with Gasteiger partial charge in [-0.1, -0.05) is 0 Å². The molecule has 0 bridgehead atoms. The number of methoxy groups -OCH3 is 4. The van der Waals surface area contributed by atoms with Gasteiger partial charge in [0.05, 0.1) is 34.1 Å². The lowest BCUT2D eigenvalue weighted by molar-refractivity contribution is 0.324. The quantitative estimate of drug-likeness (QED) is 0.700. The van der Waals surface area contributed by atoms with Crippen LogP contribution in [0.4, 0.5) is 4.39 Å². The van der Waals surface area contributed by atoms with Crippen LogP contribution in [0.3, 0.4) is 0 Å². The molecule has 0 saturated heterocycles. The molecule has 3 rings (SSSR count). The second-order valence-electron chi connectivity index (χ2n) is 5.72. The van der Waals surface area contributed by atoms with Gasteiger partial charge < -0.3 is 23.9 Å². The summed E-state index contributed by atoms with van der Waals surface area (Å²) in [4.78, 5) is 19.4. The molecule has 0 aliphatic heterocycles. The third-order valence-corrected chi connectivity index (χ3v) is 4.18. The van der Waals surface area contributed by atoms with E-state index in [4.69, 9.17) is 18.9 Å². The van der Waals surface area contributed by atoms with Gasteiger partial charge in [-0.05, 0) is 24.3 Å². The number of H-pyrrole nitrogens is 1. The number of ether oxygens (including phenoxy) is 4. The van der Waals surface area contributed by atoms with Crippen molar-refractivity contribution < 1.29 is 23.3 Å². The Morgan fingerprint density at radius 2 is 1.61 bits per heavy atom. The van der Waals surface area contributed by atoms with Crippen LogP contribution in [0.2, 0.25) is 0 Å². The van der Waals surface area contributed by atoms with Crippen LogP contribution in [-0.2, 0) is 0 Å². The number of aromatic nitrogens is 2. The van der Waals surface area contributed by atoms with E-state index in [0.29, 0.717) is 28.6 Å². The minimum absolute atomic E-state index is 0.0898. The number of benzene rings is 2. The summed E-state index contributed by atoms with van der Waals surface area (Å²) < 4.78 is 35.4. The van der Waals surface area contributed by atoms with Gasteiger partial charge in [0.25, 0.3) is 5.56 Å². The molecule has 7 nitrogen and oxygen atoms in total. The lowest BCUT2D eigenvalue weighted by Gasteiger charge is -2.14. The highest BCUT2D eigenvalue weighted by Crippen LogP contribution is 2.40. The summed E-state index contributed by atoms with van der Waals surface area (Å²) in [6.45, 7) is 0. The molecule has 0 spiro atoms. The van der Waals surface area contributed by atoms with Crippen LogP contribution >= 0.6 is 0 Å². The van der Waals surface area contributed by atoms with Crippen LogP contribution in [0.5, 0.6) is 23.0 Å². The van der Waals surface area contributed by atoms with E-state index in [9.17, 15) is 9.18 Å². The fourth-order valence-electron chi connectivity index (χ4n) is 2.79. The highest BCUT2D eigenvalue weighted by Gasteiger charge is 2.18. The Balaban J connectivity index is 2.16. The highest BCUT2D eigenvalue weighted by molar-refractivity contribution is 5.70. The van der Waals surface area contributed by atoms with Crippen molar-refractivity contribution in [2.75, 3.05) is 28.4 Å². The van der Waals surface area contributed by atoms with Gasteiger partial charge in [-0.3, -0.25) is 4.79 Å². The first-order valence-electron chi connectivity index (χ1n) is 8.26. The van der Waals surface area contributed by atoms with Crippen LogP contribution in [-0.4, -0.2) is 38.4 Å². The fraction of sp³-hybridized carbons (Fsp3) is 0.200. The Morgan fingerprint density at radius 1 is 0.929 bits per heavy atom. The third kappa shape index (κ3) is 3.48. The fourth-order valence-corrected chi connectivity index (χ4v) is 2.79. The topological polar surface area (TPSA) is 82.7 Å². The van der Waals surface area contributed by atoms with Crippen molar-refractivity contribution in [2.24, 2.45) is 0 Å². The maximum atomic E-state index is 14.4. The van der Waals surface area contributed by atoms with Crippen LogP contribution < -0.4 is 24.5 Å². The lowest BCUT2D eigenvalue weighted by Crippen LogP contribution is -2.12. The molecule has 146 valence electrons. The normalized spacial score (nSPS) is 10.5. The molecule has 0 atom stereocenters. The third-order valence-electron chi connectivity index (χ3n) is 4.18. The first kappa shape index (κ1) is 19.2. The smallest absolute Gasteiger partial charge is 0.274 e. The Hall–Kier alpha value is -3.55. The first-order valence-corrected chi connectivity index (χ1v) is 8.26. The SMILES string of the molecule is COc1ccc(-c2c[nH]c(=O)c(-c3cc(OC)c(OC)c(OC)c3)n2)c(F)c1. The molecule has 28 heavy (non-hydrogen) atoms. The molecule has 1 aromatic heterocycles. The summed E-state index contributed by atoms with van der Waals surface area (Å²) in [6.07, 6.45) is 1.36. The van der Waals surface area contributed by atoms with E-state index in [0.717, 1.165) is 0 Å². The number of rotatable bonds is 6. The van der Waals surface area contributed by atoms with Crippen molar-refractivity contribution in [1.82, 2.24) is 9.97 Å². The van der Waals surface area contributed by atoms with Crippen LogP contribution in [0, 0.1) is 5.82 Å². The molecule has 1 N–H and O–H groups in total. The first-order chi connectivity index (χ1) is 13.5. The van der Waals surface area contributed by atoms with E-state index in [-0.39, 0.29) is 17.0 Å². The van der Waals surface area contributed by atoms with Gasteiger partial charge in [0, 0.05) is 23.4 Å². The number of nitrogens with zero attached hydrogens (tertiary/aromatic N) is 1. The molecule has 0 radical (unpaired) electrons. The lowest BCUT2D eigenvalue weighted by atomic mass is 10.1. The van der Waals surface area contributed by atoms with Crippen LogP contribution in [0.1, 0.15) is 0 Å². The average molecular weight is 386 g/mol. The number of hydrogen-bond donors (Lipinski definition) is 1. The predicted octanol–water partition coefficient (Wildman–Crippen LogP) is 3.28. The zero-order valence-corrected chi connectivity index (χ0v) is 15.8. The zero-order valence-electron chi connectivity index (χ0n) is 15.8. The predicted molar refractivity (Wildman–Crippen MR) is 102 cm³/mol. The van der Waals surface area contributed by atoms with Crippen LogP contribution in [0.15, 0.2) is 41.3 Å². The number of nitrogens with one attached hydrogen (secondary N) is 1. The Morgan fingerprint density at radius 3 is 2.14 bits per heavy atom. The summed E-state index contributed by atoms with van der Waals surface area (Å²) in [6, 6.07) is 7.61. The largest absolute Gasteiger partial charge is 0.497 e. The summed E-state index contributed by atoms with van der Waals surface area (Å²) >= 11 is 0. The van der Waals surface area contributed by atoms with Crippen molar-refractivity contribution >= 4 is 0 Å². The molecule has 0 aliphatic rings. The second kappa shape index (κ2) is 7.99. The summed E-state index contributed by atoms with van der Waals surface area (Å²) in [5.74, 6) is 1.01. The minimum atomic E-state index is -0.519. The van der Waals surface area contributed by atoms with Gasteiger partial charge >= 0.3 is 0 Å². The number of hydrogen-bond acceptors (Lipinski definition) is 6. The highest BCUT2D eigenvalue weighted by atomic mass is 19.1. The Kier molecular flexibility index (Phi) is 5.49. The zero-order chi connectivity index (χ0) is 20.3. The van der Waals surface area contributed by atoms with Crippen molar-refractivity contribution in [3.8, 4) is 45.5 Å². The van der Waals surface area contributed by atoms with E-state index in [1.54, 1.807) is 18.2 Å². The summed E-state index contributed by atoms with van der Waals surface area (Å²) in [5, 5.41) is 0. The van der Waals surface area contributed by atoms with Crippen LogP contribution in [0.25, 0.3) is 22.5 Å². The molecule has 0 saturated carbocycles. The molecule has 3 aromatic rings. The Labute approximate surface area is 160 Å². The molecule has 8 heteroatoms. The summed E-state index contributed by atoms with van der Waals surface area (Å²) in [5.41, 5.74) is 0.583. The maximum Gasteiger partial charge on any atom is 0.274 e. The van der Waals surface area contributed by atoms with Crippen molar-refractivity contribution in [2.45, 2.75) is 0 Å². The monoisotopic (exact) mass is 386 g/mol. The average Bonchev–Trinajstić information content (AvgIpc) is 2.73. The van der Waals surface area contributed by atoms with Crippen molar-refractivity contribution in [3.05, 3.63) is 52.7 Å². The van der Waals surface area contributed by atoms with Crippen molar-refractivity contribution in [1.29, 1.82) is 0 Å². The second-order valence-corrected chi connectivity index (χ2v) is 5.72. The molecule has 1 heterocycles. The molecular weight excluding hydrogens is 367 g/mol. The molecule has 0 fully saturated rings. The number of halogens is 1. The summed E-state index contributed by atoms with van der Waals surface area (Å²) in [7, 11) is 5.89. The maximum absolute atomic E-state index is 14.4. The molecule has 2 aromatic carbocycles. The minimum Gasteiger partial charge on any atom is -0.497 e. The van der Waals surface area contributed by atoms with Gasteiger partial charge in [0.2, 0.25) is 5.75 Å². The number of aromatic amines is 1. The molecule has 0 amide bonds. The van der Waals surface area contributed by atoms with Gasteiger partial charge in [-0.25, -0.2) is 9.37 Å². The van der Waals surface area contributed by atoms with Gasteiger partial charge in [-0.2, -0.15) is 0 Å². The van der Waals surface area contributed by atoms with E-state index < -0.39 is 11.4 Å². The molecule has 0 unspecified atom stereocenters. The standard InChI is InChI=1S/C20H19FN2O5/c1-25-12-5-6-13(14(21)9-12)15-10-22-20(24)18(23-15)11-7-16(26-2)19(28-4)17(8-11)27-3/h5-10H,1-4H3,(H,22,24). The van der Waals surface area contributed by atoms with Gasteiger partial charge in [0.1, 0.15) is 17.3 Å². The molecule has 0 aliphatic carbocycles. The van der Waals surface area contributed by atoms with Gasteiger partial charge in [0.15, 0.2) is 11.5 Å². The molecular formula is C20H19FN2O5. The Bertz CT molecular complexity index is 1040. The van der Waals surface area contributed by atoms with E-state index in [1.807, 2.05) is 0 Å². The van der Waals surface area contributed by atoms with Crippen molar-refractivity contribution in [3.63, 3.8) is 0 Å². The van der Waals surface area contributed by atoms with E-state index in [1.165, 1.54) is 46.8 Å². The van der Waals surface area contributed by atoms with E-state index >= 15 is 0 Å². The van der Waals surface area contributed by atoms with E-state index in [2.05, 4.69) is 9.97 Å². The van der Waals surface area contributed by atoms with Gasteiger partial charge in [-0.15, -0.1) is 0 Å².